The van der Waals surface area contributed by atoms with Crippen LogP contribution in [0.2, 0.25) is 0 Å². The smallest absolute Gasteiger partial charge is 0.348 e. The van der Waals surface area contributed by atoms with Crippen LogP contribution in [-0.4, -0.2) is 119 Å². The molecule has 5 aliphatic heterocycles. The van der Waals surface area contributed by atoms with Crippen LogP contribution < -0.4 is 5.32 Å². The zero-order chi connectivity index (χ0) is 37.6. The third-order valence-corrected chi connectivity index (χ3v) is 12.6. The second-order valence-corrected chi connectivity index (χ2v) is 16.8. The number of esters is 3. The van der Waals surface area contributed by atoms with Gasteiger partial charge in [-0.2, -0.15) is 5.06 Å². The lowest BCUT2D eigenvalue weighted by Gasteiger charge is -2.50. The normalized spacial score (nSPS) is 36.2. The quantitative estimate of drug-likeness (QED) is 0.189. The molecule has 9 rings (SSSR count). The Morgan fingerprint density at radius 1 is 1.00 bits per heavy atom. The second-order valence-electron chi connectivity index (χ2n) is 16.8. The van der Waals surface area contributed by atoms with Crippen LogP contribution in [-0.2, 0) is 59.0 Å². The van der Waals surface area contributed by atoms with Gasteiger partial charge in [-0.15, -0.1) is 0 Å². The van der Waals surface area contributed by atoms with E-state index < -0.39 is 77.1 Å². The van der Waals surface area contributed by atoms with E-state index in [2.05, 4.69) is 5.32 Å². The number of carbonyl (C=O) groups excluding carboxylic acids is 5. The Morgan fingerprint density at radius 3 is 2.39 bits per heavy atom. The Kier molecular flexibility index (Phi) is 8.69. The molecule has 3 aliphatic carbocycles. The SMILES string of the molecule is CC1(C)COC(=O)[C@@H]1OC(=O)C=Cc1ccc(CN2O[C@@H]3[C@H]4OC(C5CC5)(C5CC5)O[C@H]4[C@@H]4C[C@]3(C(=O)N3CCC[C@@H]3C(=O)NCCO)[C@@H]2C(=O)O4)cc1. The Morgan fingerprint density at radius 2 is 1.72 bits per heavy atom. The van der Waals surface area contributed by atoms with Crippen LogP contribution in [0.4, 0.5) is 0 Å². The van der Waals surface area contributed by atoms with Crippen molar-refractivity contribution in [2.24, 2.45) is 22.7 Å². The molecule has 0 unspecified atom stereocenters. The fourth-order valence-electron chi connectivity index (χ4n) is 9.66. The monoisotopic (exact) mass is 749 g/mol. The maximum atomic E-state index is 15.1. The highest BCUT2D eigenvalue weighted by atomic mass is 16.8. The highest BCUT2D eigenvalue weighted by Crippen LogP contribution is 2.64. The lowest BCUT2D eigenvalue weighted by Crippen LogP contribution is -2.70. The number of cyclic esters (lactones) is 1. The maximum absolute atomic E-state index is 15.1. The molecule has 15 heteroatoms. The summed E-state index contributed by atoms with van der Waals surface area (Å²) in [7, 11) is 0. The molecule has 3 saturated carbocycles. The summed E-state index contributed by atoms with van der Waals surface area (Å²) >= 11 is 0. The molecule has 8 fully saturated rings. The predicted octanol–water partition coefficient (Wildman–Crippen LogP) is 1.39. The van der Waals surface area contributed by atoms with Crippen LogP contribution in [0.5, 0.6) is 0 Å². The van der Waals surface area contributed by atoms with E-state index in [0.29, 0.717) is 24.9 Å². The third kappa shape index (κ3) is 5.76. The molecule has 5 saturated heterocycles. The number of nitrogens with zero attached hydrogens (tertiary/aromatic N) is 2. The van der Waals surface area contributed by atoms with Crippen molar-refractivity contribution in [2.75, 3.05) is 26.3 Å². The molecule has 54 heavy (non-hydrogen) atoms. The summed E-state index contributed by atoms with van der Waals surface area (Å²) in [6, 6.07) is 5.43. The number of hydroxylamine groups is 2. The van der Waals surface area contributed by atoms with Crippen molar-refractivity contribution >= 4 is 35.8 Å². The molecular weight excluding hydrogens is 702 g/mol. The van der Waals surface area contributed by atoms with Crippen LogP contribution >= 0.6 is 0 Å². The number of carbonyl (C=O) groups is 5. The highest BCUT2D eigenvalue weighted by molar-refractivity contribution is 5.96. The second kappa shape index (κ2) is 13.1. The third-order valence-electron chi connectivity index (χ3n) is 12.6. The minimum absolute atomic E-state index is 0.0757. The lowest BCUT2D eigenvalue weighted by atomic mass is 9.62. The molecular formula is C39H47N3O12. The van der Waals surface area contributed by atoms with E-state index in [4.69, 9.17) is 28.5 Å². The number of likely N-dealkylation sites (tertiary alicyclic amines) is 1. The average molecular weight is 750 g/mol. The molecule has 5 heterocycles. The van der Waals surface area contributed by atoms with Gasteiger partial charge in [-0.3, -0.25) is 19.2 Å². The number of amides is 2. The van der Waals surface area contributed by atoms with Crippen molar-refractivity contribution in [3.63, 3.8) is 0 Å². The number of fused-ring (bicyclic) bond motifs is 4. The molecule has 0 radical (unpaired) electrons. The first-order valence-electron chi connectivity index (χ1n) is 19.3. The van der Waals surface area contributed by atoms with Gasteiger partial charge in [0.25, 0.3) is 0 Å². The molecule has 1 aromatic rings. The number of hydrogen-bond donors (Lipinski definition) is 2. The zero-order valence-electron chi connectivity index (χ0n) is 30.5. The number of aliphatic hydroxyl groups is 1. The van der Waals surface area contributed by atoms with E-state index in [0.717, 1.165) is 31.2 Å². The van der Waals surface area contributed by atoms with Crippen molar-refractivity contribution in [3.05, 3.63) is 41.5 Å². The molecule has 1 aromatic carbocycles. The summed E-state index contributed by atoms with van der Waals surface area (Å²) in [4.78, 5) is 75.5. The zero-order valence-corrected chi connectivity index (χ0v) is 30.5. The van der Waals surface area contributed by atoms with Crippen LogP contribution in [0, 0.1) is 22.7 Å². The Balaban J connectivity index is 0.984. The van der Waals surface area contributed by atoms with E-state index >= 15 is 4.79 Å². The van der Waals surface area contributed by atoms with Gasteiger partial charge in [-0.1, -0.05) is 38.1 Å². The molecule has 8 aliphatic rings. The van der Waals surface area contributed by atoms with Crippen LogP contribution in [0.15, 0.2) is 30.3 Å². The fourth-order valence-corrected chi connectivity index (χ4v) is 9.66. The summed E-state index contributed by atoms with van der Waals surface area (Å²) in [5, 5.41) is 13.6. The van der Waals surface area contributed by atoms with E-state index in [1.54, 1.807) is 42.0 Å². The molecule has 2 bridgehead atoms. The highest BCUT2D eigenvalue weighted by Gasteiger charge is 2.78. The van der Waals surface area contributed by atoms with Gasteiger partial charge in [0.05, 0.1) is 13.2 Å². The van der Waals surface area contributed by atoms with Crippen LogP contribution in [0.25, 0.3) is 6.08 Å². The number of ether oxygens (including phenoxy) is 5. The molecule has 15 nitrogen and oxygen atoms in total. The van der Waals surface area contributed by atoms with Gasteiger partial charge in [0, 0.05) is 42.8 Å². The minimum Gasteiger partial charge on any atom is -0.462 e. The summed E-state index contributed by atoms with van der Waals surface area (Å²) in [5.74, 6) is -2.78. The van der Waals surface area contributed by atoms with Crippen molar-refractivity contribution in [3.8, 4) is 0 Å². The van der Waals surface area contributed by atoms with Crippen LogP contribution in [0.1, 0.15) is 69.9 Å². The van der Waals surface area contributed by atoms with Gasteiger partial charge < -0.3 is 39.0 Å². The summed E-state index contributed by atoms with van der Waals surface area (Å²) in [5.41, 5.74) is -0.542. The Bertz CT molecular complexity index is 1740. The van der Waals surface area contributed by atoms with Gasteiger partial charge in [-0.05, 0) is 55.7 Å². The van der Waals surface area contributed by atoms with Gasteiger partial charge in [-0.25, -0.2) is 9.59 Å². The minimum atomic E-state index is -1.39. The molecule has 0 spiro atoms. The van der Waals surface area contributed by atoms with Gasteiger partial charge in [0.1, 0.15) is 42.5 Å². The maximum Gasteiger partial charge on any atom is 0.348 e. The standard InChI is InChI=1S/C39H47N3O12/c1-37(2)20-49-35(47)32(37)51-27(44)14-9-21-5-7-22(8-6-21)19-42-30-34(46)50-26-18-38(30,36(48)41-16-3-4-25(41)33(45)40-15-17-43)31(54-42)29-28(26)52-39(53-29,23-10-11-23)24-12-13-24/h5-9,14,23-26,28-32,43H,3-4,10-13,15-20H2,1-2H3,(H,40,45)/t25-,26+,28+,29+,30+,31-,32+,38+/m1/s1. The average Bonchev–Trinajstić information content (AvgIpc) is 4.06. The largest absolute Gasteiger partial charge is 0.462 e. The number of aliphatic hydroxyl groups excluding tert-OH is 1. The predicted molar refractivity (Wildman–Crippen MR) is 184 cm³/mol. The van der Waals surface area contributed by atoms with Crippen LogP contribution in [0.3, 0.4) is 0 Å². The molecule has 290 valence electrons. The number of rotatable bonds is 11. The summed E-state index contributed by atoms with van der Waals surface area (Å²) < 4.78 is 30.4. The van der Waals surface area contributed by atoms with Crippen molar-refractivity contribution in [2.45, 2.75) is 114 Å². The fraction of sp³-hybridized carbons (Fsp3) is 0.667. The van der Waals surface area contributed by atoms with E-state index in [9.17, 15) is 24.3 Å². The first-order valence-corrected chi connectivity index (χ1v) is 19.3. The van der Waals surface area contributed by atoms with Crippen molar-refractivity contribution in [1.82, 2.24) is 15.3 Å². The molecule has 2 amide bonds. The molecule has 0 aromatic heterocycles. The molecule has 2 N–H and O–H groups in total. The first kappa shape index (κ1) is 35.8. The summed E-state index contributed by atoms with van der Waals surface area (Å²) in [6.45, 7) is 4.11. The summed E-state index contributed by atoms with van der Waals surface area (Å²) in [6.07, 6.45) is 4.25. The van der Waals surface area contributed by atoms with E-state index in [1.807, 2.05) is 12.1 Å². The lowest BCUT2D eigenvalue weighted by molar-refractivity contribution is -0.235. The molecule has 8 atom stereocenters. The number of benzene rings is 1. The number of hydrogen-bond acceptors (Lipinski definition) is 13. The van der Waals surface area contributed by atoms with Crippen molar-refractivity contribution < 1.29 is 57.6 Å². The first-order chi connectivity index (χ1) is 25.9. The Hall–Kier alpha value is -3.89. The van der Waals surface area contributed by atoms with E-state index in [-0.39, 0.29) is 56.4 Å². The van der Waals surface area contributed by atoms with Crippen molar-refractivity contribution in [1.29, 1.82) is 0 Å². The Labute approximate surface area is 312 Å². The number of nitrogens with one attached hydrogen (secondary N) is 1. The van der Waals surface area contributed by atoms with E-state index in [1.165, 1.54) is 6.08 Å². The van der Waals surface area contributed by atoms with Gasteiger partial charge >= 0.3 is 17.9 Å². The van der Waals surface area contributed by atoms with Gasteiger partial charge in [0.2, 0.25) is 17.9 Å². The van der Waals surface area contributed by atoms with Gasteiger partial charge in [0.15, 0.2) is 11.8 Å². The topological polar surface area (TPSA) is 179 Å².